The van der Waals surface area contributed by atoms with Crippen LogP contribution in [0.4, 0.5) is 0 Å². The van der Waals surface area contributed by atoms with E-state index in [-0.39, 0.29) is 5.97 Å². The van der Waals surface area contributed by atoms with Crippen molar-refractivity contribution < 1.29 is 9.53 Å². The molecule has 0 aromatic heterocycles. The lowest BCUT2D eigenvalue weighted by Gasteiger charge is -1.93. The van der Waals surface area contributed by atoms with E-state index in [1.165, 1.54) is 25.3 Å². The monoisotopic (exact) mass is 356 g/mol. The van der Waals surface area contributed by atoms with Crippen LogP contribution in [-0.2, 0) is 9.53 Å². The largest absolute Gasteiger partial charge is 0.463 e. The molecule has 0 aromatic carbocycles. The summed E-state index contributed by atoms with van der Waals surface area (Å²) in [7, 11) is 0. The second kappa shape index (κ2) is 21.0. The molecule has 0 heterocycles. The standard InChI is InChI=1S/C24H36O2/c1-3-5-6-7-8-9-10-11-12-13-14-15-16-17-18-19-20-21-22-23-24(25)26-4-2/h7-8,10-11,13-14,16-17,19-20,22-23H,3-6,9,12,15,18,21H2,1-2H3. The number of carbonyl (C=O) groups excluding carboxylic acids is 1. The van der Waals surface area contributed by atoms with E-state index in [0.717, 1.165) is 32.1 Å². The molecule has 0 aromatic rings. The van der Waals surface area contributed by atoms with Gasteiger partial charge in [0.15, 0.2) is 0 Å². The van der Waals surface area contributed by atoms with Gasteiger partial charge in [0, 0.05) is 6.08 Å². The molecular formula is C24H36O2. The first kappa shape index (κ1) is 23.9. The molecule has 0 atom stereocenters. The summed E-state index contributed by atoms with van der Waals surface area (Å²) in [4.78, 5) is 11.1. The highest BCUT2D eigenvalue weighted by Gasteiger charge is 1.90. The van der Waals surface area contributed by atoms with Crippen molar-refractivity contribution in [2.24, 2.45) is 0 Å². The van der Waals surface area contributed by atoms with Crippen LogP contribution in [0.1, 0.15) is 65.2 Å². The summed E-state index contributed by atoms with van der Waals surface area (Å²) in [5.41, 5.74) is 0. The number of hydrogen-bond acceptors (Lipinski definition) is 2. The summed E-state index contributed by atoms with van der Waals surface area (Å²) in [6, 6.07) is 0. The predicted octanol–water partition coefficient (Wildman–Crippen LogP) is 7.03. The zero-order chi connectivity index (χ0) is 19.1. The van der Waals surface area contributed by atoms with Gasteiger partial charge in [-0.2, -0.15) is 0 Å². The Labute approximate surface area is 160 Å². The van der Waals surface area contributed by atoms with Gasteiger partial charge in [-0.05, 0) is 45.4 Å². The average Bonchev–Trinajstić information content (AvgIpc) is 2.64. The third kappa shape index (κ3) is 20.0. The number of allylic oxidation sites excluding steroid dienone is 11. The van der Waals surface area contributed by atoms with Crippen molar-refractivity contribution in [1.82, 2.24) is 0 Å². The molecule has 0 unspecified atom stereocenters. The number of esters is 1. The SMILES string of the molecule is CCCCC=CCC=CCC=CCC=CCC=CCC=CC(=O)OCC. The maximum Gasteiger partial charge on any atom is 0.330 e. The summed E-state index contributed by atoms with van der Waals surface area (Å²) in [6.45, 7) is 4.45. The number of carbonyl (C=O) groups is 1. The number of rotatable bonds is 15. The van der Waals surface area contributed by atoms with E-state index in [1.807, 2.05) is 6.08 Å². The van der Waals surface area contributed by atoms with E-state index in [9.17, 15) is 4.79 Å². The normalized spacial score (nSPS) is 12.8. The Kier molecular flexibility index (Phi) is 19.3. The lowest BCUT2D eigenvalue weighted by molar-refractivity contribution is -0.137. The molecule has 0 aliphatic heterocycles. The van der Waals surface area contributed by atoms with E-state index < -0.39 is 0 Å². The van der Waals surface area contributed by atoms with E-state index in [2.05, 4.69) is 67.7 Å². The molecule has 0 rings (SSSR count). The lowest BCUT2D eigenvalue weighted by atomic mass is 10.2. The number of unbranched alkanes of at least 4 members (excludes halogenated alkanes) is 2. The summed E-state index contributed by atoms with van der Waals surface area (Å²) in [6.07, 6.45) is 33.6. The molecule has 0 fully saturated rings. The lowest BCUT2D eigenvalue weighted by Crippen LogP contribution is -1.98. The van der Waals surface area contributed by atoms with Gasteiger partial charge < -0.3 is 4.74 Å². The van der Waals surface area contributed by atoms with Gasteiger partial charge in [0.2, 0.25) is 0 Å². The van der Waals surface area contributed by atoms with Crippen LogP contribution in [0, 0.1) is 0 Å². The maximum absolute atomic E-state index is 11.1. The van der Waals surface area contributed by atoms with Crippen molar-refractivity contribution >= 4 is 5.97 Å². The topological polar surface area (TPSA) is 26.3 Å². The molecule has 0 spiro atoms. The molecule has 0 amide bonds. The van der Waals surface area contributed by atoms with Crippen molar-refractivity contribution in [1.29, 1.82) is 0 Å². The van der Waals surface area contributed by atoms with Gasteiger partial charge in [0.1, 0.15) is 0 Å². The highest BCUT2D eigenvalue weighted by molar-refractivity contribution is 5.81. The zero-order valence-corrected chi connectivity index (χ0v) is 16.6. The average molecular weight is 357 g/mol. The van der Waals surface area contributed by atoms with Crippen LogP contribution < -0.4 is 0 Å². The molecule has 144 valence electrons. The van der Waals surface area contributed by atoms with Gasteiger partial charge in [-0.25, -0.2) is 4.79 Å². The minimum atomic E-state index is -0.272. The van der Waals surface area contributed by atoms with Crippen molar-refractivity contribution in [3.63, 3.8) is 0 Å². The molecule has 0 aliphatic rings. The molecule has 0 saturated carbocycles. The quantitative estimate of drug-likeness (QED) is 0.136. The second-order valence-corrected chi connectivity index (χ2v) is 5.83. The Morgan fingerprint density at radius 2 is 1.08 bits per heavy atom. The first-order chi connectivity index (χ1) is 12.8. The van der Waals surface area contributed by atoms with Crippen molar-refractivity contribution in [2.75, 3.05) is 6.61 Å². The van der Waals surface area contributed by atoms with Gasteiger partial charge in [0.25, 0.3) is 0 Å². The van der Waals surface area contributed by atoms with E-state index >= 15 is 0 Å². The Morgan fingerprint density at radius 3 is 1.50 bits per heavy atom. The van der Waals surface area contributed by atoms with Crippen LogP contribution in [0.3, 0.4) is 0 Å². The molecular weight excluding hydrogens is 320 g/mol. The van der Waals surface area contributed by atoms with Crippen molar-refractivity contribution in [3.8, 4) is 0 Å². The fourth-order valence-corrected chi connectivity index (χ4v) is 2.05. The summed E-state index contributed by atoms with van der Waals surface area (Å²) in [5, 5.41) is 0. The first-order valence-electron chi connectivity index (χ1n) is 9.89. The minimum Gasteiger partial charge on any atom is -0.463 e. The van der Waals surface area contributed by atoms with Gasteiger partial charge >= 0.3 is 5.97 Å². The molecule has 26 heavy (non-hydrogen) atoms. The van der Waals surface area contributed by atoms with Crippen LogP contribution in [-0.4, -0.2) is 12.6 Å². The van der Waals surface area contributed by atoms with E-state index in [0.29, 0.717) is 6.61 Å². The molecule has 0 bridgehead atoms. The molecule has 0 saturated heterocycles. The van der Waals surface area contributed by atoms with Gasteiger partial charge in [0.05, 0.1) is 6.61 Å². The third-order valence-electron chi connectivity index (χ3n) is 3.46. The molecule has 0 radical (unpaired) electrons. The molecule has 2 nitrogen and oxygen atoms in total. The molecule has 0 N–H and O–H groups in total. The molecule has 2 heteroatoms. The Morgan fingerprint density at radius 1 is 0.654 bits per heavy atom. The summed E-state index contributed by atoms with van der Waals surface area (Å²) >= 11 is 0. The van der Waals surface area contributed by atoms with E-state index in [4.69, 9.17) is 4.74 Å². The Balaban J connectivity index is 3.57. The van der Waals surface area contributed by atoms with E-state index in [1.54, 1.807) is 6.92 Å². The fraction of sp³-hybridized carbons (Fsp3) is 0.458. The Hall–Kier alpha value is -2.09. The van der Waals surface area contributed by atoms with Crippen LogP contribution in [0.2, 0.25) is 0 Å². The van der Waals surface area contributed by atoms with Crippen LogP contribution in [0.15, 0.2) is 72.9 Å². The zero-order valence-electron chi connectivity index (χ0n) is 16.6. The van der Waals surface area contributed by atoms with Gasteiger partial charge in [-0.1, -0.05) is 86.6 Å². The van der Waals surface area contributed by atoms with Gasteiger partial charge in [-0.3, -0.25) is 0 Å². The minimum absolute atomic E-state index is 0.272. The summed E-state index contributed by atoms with van der Waals surface area (Å²) in [5.74, 6) is -0.272. The second-order valence-electron chi connectivity index (χ2n) is 5.83. The smallest absolute Gasteiger partial charge is 0.330 e. The number of hydrogen-bond donors (Lipinski definition) is 0. The van der Waals surface area contributed by atoms with Crippen molar-refractivity contribution in [2.45, 2.75) is 65.2 Å². The highest BCUT2D eigenvalue weighted by atomic mass is 16.5. The molecule has 0 aliphatic carbocycles. The van der Waals surface area contributed by atoms with Crippen LogP contribution in [0.5, 0.6) is 0 Å². The highest BCUT2D eigenvalue weighted by Crippen LogP contribution is 1.98. The number of ether oxygens (including phenoxy) is 1. The maximum atomic E-state index is 11.1. The summed E-state index contributed by atoms with van der Waals surface area (Å²) < 4.78 is 4.80. The fourth-order valence-electron chi connectivity index (χ4n) is 2.05. The van der Waals surface area contributed by atoms with Crippen molar-refractivity contribution in [3.05, 3.63) is 72.9 Å². The van der Waals surface area contributed by atoms with Gasteiger partial charge in [-0.15, -0.1) is 0 Å². The Bertz CT molecular complexity index is 490. The van der Waals surface area contributed by atoms with Crippen LogP contribution in [0.25, 0.3) is 0 Å². The van der Waals surface area contributed by atoms with Crippen LogP contribution >= 0.6 is 0 Å². The predicted molar refractivity (Wildman–Crippen MR) is 114 cm³/mol. The first-order valence-corrected chi connectivity index (χ1v) is 9.89. The third-order valence-corrected chi connectivity index (χ3v) is 3.46.